The second-order valence-corrected chi connectivity index (χ2v) is 4.62. The minimum Gasteiger partial charge on any atom is -0.395 e. The average molecular weight is 271 g/mol. The topological polar surface area (TPSA) is 95.1 Å². The molecule has 18 heavy (non-hydrogen) atoms. The van der Waals surface area contributed by atoms with Crippen molar-refractivity contribution in [1.82, 2.24) is 15.3 Å². The van der Waals surface area contributed by atoms with Crippen LogP contribution in [0.15, 0.2) is 16.0 Å². The second-order valence-electron chi connectivity index (χ2n) is 3.65. The number of nitrogens with zero attached hydrogens (tertiary/aromatic N) is 1. The number of hydrogen-bond donors (Lipinski definition) is 3. The quantitative estimate of drug-likeness (QED) is 0.476. The highest BCUT2D eigenvalue weighted by molar-refractivity contribution is 7.99. The fraction of sp³-hybridized carbons (Fsp3) is 0.545. The standard InChI is InChI=1S/C11H17N3O3S/c1-2-3-8-6-9(16)14-11(13-8)18-7-10(17)12-4-5-15/h6,15H,2-5,7H2,1H3,(H,12,17)(H,13,14,16). The number of hydrogen-bond acceptors (Lipinski definition) is 5. The highest BCUT2D eigenvalue weighted by Gasteiger charge is 2.05. The van der Waals surface area contributed by atoms with Crippen molar-refractivity contribution in [3.8, 4) is 0 Å². The minimum absolute atomic E-state index is 0.0858. The fourth-order valence-corrected chi connectivity index (χ4v) is 2.04. The number of aliphatic hydroxyl groups excluding tert-OH is 1. The molecule has 0 aromatic carbocycles. The molecule has 6 nitrogen and oxygen atoms in total. The maximum atomic E-state index is 11.4. The Bertz CT molecular complexity index is 447. The first-order valence-electron chi connectivity index (χ1n) is 5.76. The summed E-state index contributed by atoms with van der Waals surface area (Å²) in [5, 5.41) is 11.5. The normalized spacial score (nSPS) is 10.3. The molecule has 0 aliphatic carbocycles. The molecule has 0 bridgehead atoms. The highest BCUT2D eigenvalue weighted by Crippen LogP contribution is 2.11. The van der Waals surface area contributed by atoms with Crippen LogP contribution in [0.3, 0.4) is 0 Å². The number of H-pyrrole nitrogens is 1. The van der Waals surface area contributed by atoms with Crippen LogP contribution in [0.5, 0.6) is 0 Å². The fourth-order valence-electron chi connectivity index (χ4n) is 1.32. The molecule has 100 valence electrons. The van der Waals surface area contributed by atoms with Crippen molar-refractivity contribution in [3.05, 3.63) is 22.1 Å². The highest BCUT2D eigenvalue weighted by atomic mass is 32.2. The van der Waals surface area contributed by atoms with Gasteiger partial charge in [-0.3, -0.25) is 9.59 Å². The Balaban J connectivity index is 2.56. The van der Waals surface area contributed by atoms with Gasteiger partial charge in [-0.15, -0.1) is 0 Å². The van der Waals surface area contributed by atoms with Crippen LogP contribution in [0.2, 0.25) is 0 Å². The second kappa shape index (κ2) is 7.88. The molecule has 0 aliphatic rings. The molecule has 1 rings (SSSR count). The molecule has 0 fully saturated rings. The first-order chi connectivity index (χ1) is 8.65. The summed E-state index contributed by atoms with van der Waals surface area (Å²) >= 11 is 1.17. The maximum absolute atomic E-state index is 11.4. The van der Waals surface area contributed by atoms with E-state index in [1.54, 1.807) is 0 Å². The Kier molecular flexibility index (Phi) is 6.45. The van der Waals surface area contributed by atoms with Gasteiger partial charge in [0.2, 0.25) is 5.91 Å². The number of aromatic amines is 1. The number of aryl methyl sites for hydroxylation is 1. The van der Waals surface area contributed by atoms with Crippen LogP contribution in [-0.2, 0) is 11.2 Å². The zero-order valence-electron chi connectivity index (χ0n) is 10.2. The van der Waals surface area contributed by atoms with Crippen LogP contribution in [0.25, 0.3) is 0 Å². The molecule has 0 spiro atoms. The SMILES string of the molecule is CCCc1cc(=O)[nH]c(SCC(=O)NCCO)n1. The minimum atomic E-state index is -0.202. The van der Waals surface area contributed by atoms with E-state index in [0.29, 0.717) is 5.16 Å². The molecule has 1 aromatic heterocycles. The summed E-state index contributed by atoms with van der Waals surface area (Å²) in [6, 6.07) is 1.47. The number of nitrogens with one attached hydrogen (secondary N) is 2. The van der Waals surface area contributed by atoms with Crippen molar-refractivity contribution in [3.63, 3.8) is 0 Å². The third kappa shape index (κ3) is 5.33. The number of aromatic nitrogens is 2. The Hall–Kier alpha value is -1.34. The number of rotatable bonds is 7. The van der Waals surface area contributed by atoms with Gasteiger partial charge in [0.25, 0.3) is 5.56 Å². The average Bonchev–Trinajstić information content (AvgIpc) is 2.33. The van der Waals surface area contributed by atoms with Crippen molar-refractivity contribution in [2.24, 2.45) is 0 Å². The van der Waals surface area contributed by atoms with E-state index in [4.69, 9.17) is 5.11 Å². The van der Waals surface area contributed by atoms with Gasteiger partial charge in [-0.2, -0.15) is 0 Å². The predicted molar refractivity (Wildman–Crippen MR) is 69.7 cm³/mol. The number of carbonyl (C=O) groups excluding carboxylic acids is 1. The van der Waals surface area contributed by atoms with Crippen molar-refractivity contribution in [1.29, 1.82) is 0 Å². The molecule has 1 heterocycles. The monoisotopic (exact) mass is 271 g/mol. The first kappa shape index (κ1) is 14.7. The molecule has 3 N–H and O–H groups in total. The molecule has 1 amide bonds. The molecule has 0 saturated carbocycles. The van der Waals surface area contributed by atoms with E-state index < -0.39 is 0 Å². The molecule has 7 heteroatoms. The van der Waals surface area contributed by atoms with E-state index in [2.05, 4.69) is 15.3 Å². The van der Waals surface area contributed by atoms with Crippen LogP contribution < -0.4 is 10.9 Å². The van der Waals surface area contributed by atoms with Gasteiger partial charge in [-0.05, 0) is 6.42 Å². The van der Waals surface area contributed by atoms with Crippen LogP contribution in [-0.4, -0.2) is 39.9 Å². The molecule has 0 aliphatic heterocycles. The summed E-state index contributed by atoms with van der Waals surface area (Å²) in [5.41, 5.74) is 0.534. The van der Waals surface area contributed by atoms with Gasteiger partial charge in [0, 0.05) is 18.3 Å². The van der Waals surface area contributed by atoms with E-state index in [-0.39, 0.29) is 30.4 Å². The Labute approximate surface area is 109 Å². The third-order valence-electron chi connectivity index (χ3n) is 2.05. The van der Waals surface area contributed by atoms with E-state index in [9.17, 15) is 9.59 Å². The Morgan fingerprint density at radius 2 is 2.39 bits per heavy atom. The lowest BCUT2D eigenvalue weighted by Gasteiger charge is -2.04. The van der Waals surface area contributed by atoms with E-state index in [1.165, 1.54) is 17.8 Å². The largest absolute Gasteiger partial charge is 0.395 e. The van der Waals surface area contributed by atoms with Gasteiger partial charge in [0.15, 0.2) is 5.16 Å². The van der Waals surface area contributed by atoms with Crippen LogP contribution in [0, 0.1) is 0 Å². The molecular weight excluding hydrogens is 254 g/mol. The van der Waals surface area contributed by atoms with Crippen LogP contribution in [0.1, 0.15) is 19.0 Å². The van der Waals surface area contributed by atoms with Gasteiger partial charge in [0.1, 0.15) is 0 Å². The lowest BCUT2D eigenvalue weighted by molar-refractivity contribution is -0.118. The lowest BCUT2D eigenvalue weighted by Crippen LogP contribution is -2.28. The van der Waals surface area contributed by atoms with Crippen molar-refractivity contribution < 1.29 is 9.90 Å². The maximum Gasteiger partial charge on any atom is 0.251 e. The summed E-state index contributed by atoms with van der Waals surface area (Å²) in [6.07, 6.45) is 1.66. The van der Waals surface area contributed by atoms with Crippen molar-refractivity contribution in [2.75, 3.05) is 18.9 Å². The third-order valence-corrected chi connectivity index (χ3v) is 2.93. The summed E-state index contributed by atoms with van der Waals surface area (Å²) in [5.74, 6) is -0.0315. The van der Waals surface area contributed by atoms with Gasteiger partial charge in [-0.1, -0.05) is 25.1 Å². The smallest absolute Gasteiger partial charge is 0.251 e. The van der Waals surface area contributed by atoms with Crippen LogP contribution >= 0.6 is 11.8 Å². The zero-order valence-corrected chi connectivity index (χ0v) is 11.0. The van der Waals surface area contributed by atoms with Gasteiger partial charge >= 0.3 is 0 Å². The summed E-state index contributed by atoms with van der Waals surface area (Å²) in [7, 11) is 0. The molecular formula is C11H17N3O3S. The molecule has 1 aromatic rings. The Morgan fingerprint density at radius 3 is 3.06 bits per heavy atom. The van der Waals surface area contributed by atoms with E-state index in [0.717, 1.165) is 18.5 Å². The summed E-state index contributed by atoms with van der Waals surface area (Å²) in [4.78, 5) is 29.5. The predicted octanol–water partition coefficient (Wildman–Crippen LogP) is -0.0770. The van der Waals surface area contributed by atoms with Gasteiger partial charge in [0.05, 0.1) is 12.4 Å². The number of aliphatic hydroxyl groups is 1. The summed E-state index contributed by atoms with van der Waals surface area (Å²) < 4.78 is 0. The lowest BCUT2D eigenvalue weighted by atomic mass is 10.2. The molecule has 0 atom stereocenters. The Morgan fingerprint density at radius 1 is 1.61 bits per heavy atom. The van der Waals surface area contributed by atoms with Crippen LogP contribution in [0.4, 0.5) is 0 Å². The zero-order chi connectivity index (χ0) is 13.4. The molecule has 0 radical (unpaired) electrons. The number of carbonyl (C=O) groups is 1. The van der Waals surface area contributed by atoms with Gasteiger partial charge < -0.3 is 15.4 Å². The van der Waals surface area contributed by atoms with Crippen molar-refractivity contribution >= 4 is 17.7 Å². The number of amides is 1. The van der Waals surface area contributed by atoms with E-state index in [1.807, 2.05) is 6.92 Å². The van der Waals surface area contributed by atoms with E-state index >= 15 is 0 Å². The molecule has 0 saturated heterocycles. The van der Waals surface area contributed by atoms with Crippen molar-refractivity contribution in [2.45, 2.75) is 24.9 Å². The van der Waals surface area contributed by atoms with Gasteiger partial charge in [-0.25, -0.2) is 4.98 Å². The number of thioether (sulfide) groups is 1. The molecule has 0 unspecified atom stereocenters. The summed E-state index contributed by atoms with van der Waals surface area (Å²) in [6.45, 7) is 2.16. The first-order valence-corrected chi connectivity index (χ1v) is 6.75.